The molecule has 8 heteroatoms. The topological polar surface area (TPSA) is 94.9 Å². The Kier molecular flexibility index (Phi) is 7.61. The van der Waals surface area contributed by atoms with Crippen molar-refractivity contribution in [2.24, 2.45) is 0 Å². The zero-order chi connectivity index (χ0) is 24.0. The normalized spacial score (nSPS) is 10.6. The first-order valence-electron chi connectivity index (χ1n) is 10.7. The fraction of sp³-hybridized carbons (Fsp3) is 0.280. The molecular weight excluding hydrogens is 424 g/mol. The maximum Gasteiger partial charge on any atom is 0.345 e. The van der Waals surface area contributed by atoms with E-state index < -0.39 is 17.5 Å². The van der Waals surface area contributed by atoms with Crippen molar-refractivity contribution in [2.75, 3.05) is 31.7 Å². The van der Waals surface area contributed by atoms with Crippen molar-refractivity contribution in [3.8, 4) is 0 Å². The summed E-state index contributed by atoms with van der Waals surface area (Å²) in [5.74, 6) is -1.59. The number of carbonyl (C=O) groups excluding carboxylic acids is 3. The highest BCUT2D eigenvalue weighted by Crippen LogP contribution is 2.29. The van der Waals surface area contributed by atoms with E-state index in [0.717, 1.165) is 0 Å². The second kappa shape index (κ2) is 10.6. The van der Waals surface area contributed by atoms with Crippen LogP contribution >= 0.6 is 0 Å². The Balaban J connectivity index is 2.22. The number of pyridine rings is 1. The van der Waals surface area contributed by atoms with E-state index in [4.69, 9.17) is 9.47 Å². The molecule has 0 unspecified atom stereocenters. The molecule has 0 saturated heterocycles. The summed E-state index contributed by atoms with van der Waals surface area (Å²) in [5, 5.41) is 0.535. The lowest BCUT2D eigenvalue weighted by molar-refractivity contribution is -0.141. The van der Waals surface area contributed by atoms with Gasteiger partial charge in [-0.3, -0.25) is 19.0 Å². The molecule has 0 atom stereocenters. The molecule has 0 saturated carbocycles. The maximum atomic E-state index is 13.6. The van der Waals surface area contributed by atoms with Crippen LogP contribution in [0.15, 0.2) is 59.4 Å². The van der Waals surface area contributed by atoms with E-state index in [0.29, 0.717) is 16.5 Å². The van der Waals surface area contributed by atoms with Crippen molar-refractivity contribution in [1.82, 2.24) is 4.57 Å². The van der Waals surface area contributed by atoms with Crippen LogP contribution in [0.2, 0.25) is 0 Å². The summed E-state index contributed by atoms with van der Waals surface area (Å²) < 4.78 is 11.5. The van der Waals surface area contributed by atoms with Crippen LogP contribution in [0.25, 0.3) is 10.9 Å². The summed E-state index contributed by atoms with van der Waals surface area (Å²) in [6.45, 7) is 3.19. The average Bonchev–Trinajstić information content (AvgIpc) is 2.81. The van der Waals surface area contributed by atoms with Gasteiger partial charge in [0.1, 0.15) is 12.1 Å². The van der Waals surface area contributed by atoms with Gasteiger partial charge in [-0.05, 0) is 19.9 Å². The summed E-state index contributed by atoms with van der Waals surface area (Å²) in [7, 11) is 1.60. The van der Waals surface area contributed by atoms with Crippen molar-refractivity contribution in [1.29, 1.82) is 0 Å². The predicted molar refractivity (Wildman–Crippen MR) is 125 cm³/mol. The van der Waals surface area contributed by atoms with Crippen LogP contribution in [0.1, 0.15) is 34.6 Å². The van der Waals surface area contributed by atoms with Gasteiger partial charge in [0.05, 0.1) is 31.0 Å². The number of ether oxygens (including phenoxy) is 2. The van der Waals surface area contributed by atoms with Crippen LogP contribution in [-0.2, 0) is 20.8 Å². The molecule has 0 aliphatic rings. The molecule has 0 bridgehead atoms. The number of hydrogen-bond donors (Lipinski definition) is 0. The summed E-state index contributed by atoms with van der Waals surface area (Å²) in [6.07, 6.45) is 0. The molecule has 2 aromatic carbocycles. The first-order valence-corrected chi connectivity index (χ1v) is 10.7. The van der Waals surface area contributed by atoms with Gasteiger partial charge in [-0.15, -0.1) is 0 Å². The minimum atomic E-state index is -0.820. The molecule has 3 aromatic rings. The standard InChI is InChI=1S/C25H26N2O6/c1-4-32-21(29)16-26(3)23-18-13-9-10-14-19(18)27(24(30)22(23)25(31)33-5-2)15-20(28)17-11-7-6-8-12-17/h6-14H,4-5,15-16H2,1-3H3. The number of ketones is 1. The Bertz CT molecular complexity index is 1230. The van der Waals surface area contributed by atoms with Gasteiger partial charge < -0.3 is 14.4 Å². The molecule has 33 heavy (non-hydrogen) atoms. The first kappa shape index (κ1) is 23.7. The molecule has 1 heterocycles. The lowest BCUT2D eigenvalue weighted by atomic mass is 10.1. The van der Waals surface area contributed by atoms with Gasteiger partial charge in [-0.2, -0.15) is 0 Å². The fourth-order valence-corrected chi connectivity index (χ4v) is 3.67. The Morgan fingerprint density at radius 1 is 0.909 bits per heavy atom. The van der Waals surface area contributed by atoms with Crippen molar-refractivity contribution < 1.29 is 23.9 Å². The third kappa shape index (κ3) is 5.11. The van der Waals surface area contributed by atoms with Crippen LogP contribution in [-0.4, -0.2) is 49.1 Å². The Labute approximate surface area is 191 Å². The number of Topliss-reactive ketones (excluding diaryl/α,β-unsaturated/α-hetero) is 1. The second-order valence-electron chi connectivity index (χ2n) is 7.30. The number of likely N-dealkylation sites (N-methyl/N-ethyl adjacent to an activating group) is 1. The predicted octanol–water partition coefficient (Wildman–Crippen LogP) is 3.06. The average molecular weight is 450 g/mol. The molecule has 0 fully saturated rings. The molecule has 3 rings (SSSR count). The Morgan fingerprint density at radius 2 is 1.55 bits per heavy atom. The molecule has 0 aliphatic carbocycles. The zero-order valence-electron chi connectivity index (χ0n) is 18.9. The van der Waals surface area contributed by atoms with E-state index in [1.165, 1.54) is 9.47 Å². The first-order chi connectivity index (χ1) is 15.9. The number of carbonyl (C=O) groups is 3. The van der Waals surface area contributed by atoms with Crippen LogP contribution in [0.5, 0.6) is 0 Å². The number of esters is 2. The second-order valence-corrected chi connectivity index (χ2v) is 7.30. The van der Waals surface area contributed by atoms with Crippen LogP contribution in [0.4, 0.5) is 5.69 Å². The lowest BCUT2D eigenvalue weighted by Crippen LogP contribution is -2.35. The molecule has 8 nitrogen and oxygen atoms in total. The minimum Gasteiger partial charge on any atom is -0.465 e. The molecule has 0 aliphatic heterocycles. The number of benzene rings is 2. The summed E-state index contributed by atoms with van der Waals surface area (Å²) in [6, 6.07) is 15.6. The maximum absolute atomic E-state index is 13.6. The van der Waals surface area contributed by atoms with E-state index in [9.17, 15) is 19.2 Å². The molecule has 1 aromatic heterocycles. The summed E-state index contributed by atoms with van der Waals surface area (Å²) in [4.78, 5) is 53.0. The monoisotopic (exact) mass is 450 g/mol. The van der Waals surface area contributed by atoms with Gasteiger partial charge in [-0.25, -0.2) is 4.79 Å². The quantitative estimate of drug-likeness (QED) is 0.365. The number of hydrogen-bond acceptors (Lipinski definition) is 7. The van der Waals surface area contributed by atoms with Gasteiger partial charge in [0.15, 0.2) is 5.78 Å². The Morgan fingerprint density at radius 3 is 2.21 bits per heavy atom. The van der Waals surface area contributed by atoms with Gasteiger partial charge in [-0.1, -0.05) is 48.5 Å². The molecule has 0 N–H and O–H groups in total. The largest absolute Gasteiger partial charge is 0.465 e. The van der Waals surface area contributed by atoms with Gasteiger partial charge in [0.2, 0.25) is 0 Å². The number of para-hydroxylation sites is 1. The van der Waals surface area contributed by atoms with Crippen LogP contribution in [0, 0.1) is 0 Å². The minimum absolute atomic E-state index is 0.0646. The van der Waals surface area contributed by atoms with Crippen molar-refractivity contribution in [3.63, 3.8) is 0 Å². The highest BCUT2D eigenvalue weighted by Gasteiger charge is 2.27. The number of anilines is 1. The fourth-order valence-electron chi connectivity index (χ4n) is 3.67. The van der Waals surface area contributed by atoms with Crippen LogP contribution < -0.4 is 10.5 Å². The molecule has 0 radical (unpaired) electrons. The van der Waals surface area contributed by atoms with Crippen molar-refractivity contribution in [2.45, 2.75) is 20.4 Å². The number of aromatic nitrogens is 1. The van der Waals surface area contributed by atoms with Crippen molar-refractivity contribution in [3.05, 3.63) is 76.1 Å². The van der Waals surface area contributed by atoms with Gasteiger partial charge in [0, 0.05) is 18.0 Å². The lowest BCUT2D eigenvalue weighted by Gasteiger charge is -2.24. The smallest absolute Gasteiger partial charge is 0.345 e. The van der Waals surface area contributed by atoms with E-state index in [1.807, 2.05) is 0 Å². The third-order valence-electron chi connectivity index (χ3n) is 5.08. The SMILES string of the molecule is CCOC(=O)CN(C)c1c(C(=O)OCC)c(=O)n(CC(=O)c2ccccc2)c2ccccc12. The molecule has 0 spiro atoms. The molecule has 172 valence electrons. The third-order valence-corrected chi connectivity index (χ3v) is 5.08. The molecule has 0 amide bonds. The zero-order valence-corrected chi connectivity index (χ0v) is 18.9. The van der Waals surface area contributed by atoms with Gasteiger partial charge >= 0.3 is 11.9 Å². The highest BCUT2D eigenvalue weighted by atomic mass is 16.5. The van der Waals surface area contributed by atoms with Crippen molar-refractivity contribution >= 4 is 34.3 Å². The van der Waals surface area contributed by atoms with E-state index in [1.54, 1.807) is 75.5 Å². The summed E-state index contributed by atoms with van der Waals surface area (Å²) >= 11 is 0. The van der Waals surface area contributed by atoms with E-state index in [2.05, 4.69) is 0 Å². The highest BCUT2D eigenvalue weighted by molar-refractivity contribution is 6.06. The van der Waals surface area contributed by atoms with Crippen LogP contribution in [0.3, 0.4) is 0 Å². The van der Waals surface area contributed by atoms with Gasteiger partial charge in [0.25, 0.3) is 5.56 Å². The summed E-state index contributed by atoms with van der Waals surface area (Å²) in [5.41, 5.74) is 0.274. The Hall–Kier alpha value is -3.94. The number of rotatable bonds is 9. The van der Waals surface area contributed by atoms with E-state index in [-0.39, 0.29) is 43.3 Å². The number of fused-ring (bicyclic) bond motifs is 1. The van der Waals surface area contributed by atoms with E-state index >= 15 is 0 Å². The number of nitrogens with zero attached hydrogens (tertiary/aromatic N) is 2. The molecular formula is C25H26N2O6.